The van der Waals surface area contributed by atoms with Crippen LogP contribution in [0.5, 0.6) is 11.5 Å². The van der Waals surface area contributed by atoms with Crippen LogP contribution in [0, 0.1) is 11.3 Å². The minimum absolute atomic E-state index is 0.0773. The summed E-state index contributed by atoms with van der Waals surface area (Å²) in [5.41, 5.74) is 0.999. The van der Waals surface area contributed by atoms with Crippen molar-refractivity contribution in [2.24, 2.45) is 0 Å². The highest BCUT2D eigenvalue weighted by molar-refractivity contribution is 6.30. The van der Waals surface area contributed by atoms with E-state index < -0.39 is 5.91 Å². The van der Waals surface area contributed by atoms with Crippen molar-refractivity contribution in [3.8, 4) is 17.6 Å². The van der Waals surface area contributed by atoms with Crippen molar-refractivity contribution in [2.75, 3.05) is 19.0 Å². The lowest BCUT2D eigenvalue weighted by Crippen LogP contribution is -2.13. The Labute approximate surface area is 157 Å². The molecular formula is C20H17ClN2O3. The van der Waals surface area contributed by atoms with Crippen LogP contribution in [0.4, 0.5) is 5.69 Å². The zero-order valence-electron chi connectivity index (χ0n) is 14.2. The maximum Gasteiger partial charge on any atom is 0.266 e. The van der Waals surface area contributed by atoms with Gasteiger partial charge in [-0.1, -0.05) is 24.3 Å². The number of carbonyl (C=O) groups excluding carboxylic acids is 1. The number of carbonyl (C=O) groups is 1. The first-order chi connectivity index (χ1) is 12.6. The van der Waals surface area contributed by atoms with Crippen LogP contribution in [0.2, 0.25) is 5.02 Å². The normalized spacial score (nSPS) is 10.6. The van der Waals surface area contributed by atoms with Gasteiger partial charge in [0.15, 0.2) is 0 Å². The molecule has 26 heavy (non-hydrogen) atoms. The number of anilines is 1. The average molecular weight is 369 g/mol. The van der Waals surface area contributed by atoms with Crippen molar-refractivity contribution in [3.63, 3.8) is 0 Å². The van der Waals surface area contributed by atoms with E-state index >= 15 is 0 Å². The number of ether oxygens (including phenoxy) is 2. The second-order valence-corrected chi connectivity index (χ2v) is 5.57. The third kappa shape index (κ3) is 5.13. The second kappa shape index (κ2) is 9.30. The van der Waals surface area contributed by atoms with Crippen molar-refractivity contribution < 1.29 is 14.3 Å². The number of amides is 1. The Morgan fingerprint density at radius 3 is 2.65 bits per heavy atom. The summed E-state index contributed by atoms with van der Waals surface area (Å²) in [4.78, 5) is 12.4. The average Bonchev–Trinajstić information content (AvgIpc) is 2.65. The Morgan fingerprint density at radius 2 is 2.04 bits per heavy atom. The number of hydrogen-bond acceptors (Lipinski definition) is 4. The lowest BCUT2D eigenvalue weighted by Gasteiger charge is -2.09. The molecule has 0 aromatic heterocycles. The third-order valence-electron chi connectivity index (χ3n) is 3.34. The van der Waals surface area contributed by atoms with Crippen LogP contribution >= 0.6 is 11.6 Å². The van der Waals surface area contributed by atoms with Crippen LogP contribution in [-0.2, 0) is 4.79 Å². The molecule has 1 N–H and O–H groups in total. The summed E-state index contributed by atoms with van der Waals surface area (Å²) in [7, 11) is 1.56. The van der Waals surface area contributed by atoms with Gasteiger partial charge in [0.2, 0.25) is 0 Å². The fourth-order valence-electron chi connectivity index (χ4n) is 2.09. The Bertz CT molecular complexity index is 868. The van der Waals surface area contributed by atoms with Crippen LogP contribution < -0.4 is 14.8 Å². The van der Waals surface area contributed by atoms with Crippen molar-refractivity contribution in [1.82, 2.24) is 0 Å². The molecular weight excluding hydrogens is 352 g/mol. The number of nitrogens with one attached hydrogen (secondary N) is 1. The van der Waals surface area contributed by atoms with E-state index in [0.29, 0.717) is 34.4 Å². The summed E-state index contributed by atoms with van der Waals surface area (Å²) in [6, 6.07) is 13.7. The van der Waals surface area contributed by atoms with Gasteiger partial charge in [0.05, 0.1) is 7.11 Å². The van der Waals surface area contributed by atoms with Gasteiger partial charge >= 0.3 is 0 Å². The first kappa shape index (κ1) is 19.1. The minimum Gasteiger partial charge on any atom is -0.497 e. The Morgan fingerprint density at radius 1 is 1.31 bits per heavy atom. The summed E-state index contributed by atoms with van der Waals surface area (Å²) >= 11 is 6.02. The molecule has 0 spiro atoms. The first-order valence-corrected chi connectivity index (χ1v) is 8.05. The standard InChI is InChI=1S/C20H17ClN2O3/c1-3-10-26-19-9-4-16(21)12-14(19)11-15(13-22)20(24)23-17-5-7-18(25-2)8-6-17/h3-9,11-12H,1,10H2,2H3,(H,23,24)/b15-11+. The zero-order chi connectivity index (χ0) is 18.9. The molecule has 0 heterocycles. The largest absolute Gasteiger partial charge is 0.497 e. The van der Waals surface area contributed by atoms with Crippen molar-refractivity contribution in [3.05, 3.63) is 71.3 Å². The molecule has 5 nitrogen and oxygen atoms in total. The minimum atomic E-state index is -0.535. The molecule has 0 aliphatic heterocycles. The van der Waals surface area contributed by atoms with Crippen molar-refractivity contribution in [1.29, 1.82) is 5.26 Å². The van der Waals surface area contributed by atoms with Crippen LogP contribution in [0.3, 0.4) is 0 Å². The molecule has 0 radical (unpaired) electrons. The number of benzene rings is 2. The number of hydrogen-bond donors (Lipinski definition) is 1. The van der Waals surface area contributed by atoms with Crippen molar-refractivity contribution in [2.45, 2.75) is 0 Å². The van der Waals surface area contributed by atoms with Gasteiger partial charge in [-0.25, -0.2) is 0 Å². The monoisotopic (exact) mass is 368 g/mol. The third-order valence-corrected chi connectivity index (χ3v) is 3.58. The Balaban J connectivity index is 2.26. The summed E-state index contributed by atoms with van der Waals surface area (Å²) < 4.78 is 10.6. The molecule has 6 heteroatoms. The van der Waals surface area contributed by atoms with E-state index in [-0.39, 0.29) is 5.57 Å². The molecule has 1 amide bonds. The lowest BCUT2D eigenvalue weighted by molar-refractivity contribution is -0.112. The van der Waals surface area contributed by atoms with E-state index in [1.165, 1.54) is 6.08 Å². The van der Waals surface area contributed by atoms with Gasteiger partial charge < -0.3 is 14.8 Å². The summed E-state index contributed by atoms with van der Waals surface area (Å²) in [6.45, 7) is 3.89. The van der Waals surface area contributed by atoms with Gasteiger partial charge in [-0.3, -0.25) is 4.79 Å². The van der Waals surface area contributed by atoms with Gasteiger partial charge in [0.1, 0.15) is 29.7 Å². The maximum atomic E-state index is 12.4. The van der Waals surface area contributed by atoms with E-state index in [0.717, 1.165) is 0 Å². The van der Waals surface area contributed by atoms with E-state index in [1.54, 1.807) is 55.7 Å². The highest BCUT2D eigenvalue weighted by Gasteiger charge is 2.12. The molecule has 0 fully saturated rings. The number of halogens is 1. The van der Waals surface area contributed by atoms with Crippen LogP contribution in [-0.4, -0.2) is 19.6 Å². The molecule has 0 aliphatic carbocycles. The Hall–Kier alpha value is -3.23. The zero-order valence-corrected chi connectivity index (χ0v) is 14.9. The smallest absolute Gasteiger partial charge is 0.266 e. The van der Waals surface area contributed by atoms with Gasteiger partial charge in [-0.05, 0) is 48.5 Å². The summed E-state index contributed by atoms with van der Waals surface area (Å²) in [5.74, 6) is 0.633. The van der Waals surface area contributed by atoms with Crippen LogP contribution in [0.15, 0.2) is 60.7 Å². The quantitative estimate of drug-likeness (QED) is 0.445. The maximum absolute atomic E-state index is 12.4. The molecule has 132 valence electrons. The van der Waals surface area contributed by atoms with Crippen LogP contribution in [0.1, 0.15) is 5.56 Å². The molecule has 0 saturated heterocycles. The van der Waals surface area contributed by atoms with E-state index in [9.17, 15) is 10.1 Å². The van der Waals surface area contributed by atoms with E-state index in [1.807, 2.05) is 6.07 Å². The molecule has 0 aliphatic rings. The fourth-order valence-corrected chi connectivity index (χ4v) is 2.27. The van der Waals surface area contributed by atoms with Gasteiger partial charge in [0.25, 0.3) is 5.91 Å². The number of rotatable bonds is 7. The van der Waals surface area contributed by atoms with Crippen LogP contribution in [0.25, 0.3) is 6.08 Å². The van der Waals surface area contributed by atoms with Gasteiger partial charge in [0, 0.05) is 16.3 Å². The fraction of sp³-hybridized carbons (Fsp3) is 0.100. The molecule has 0 bridgehead atoms. The number of nitriles is 1. The Kier molecular flexibility index (Phi) is 6.84. The summed E-state index contributed by atoms with van der Waals surface area (Å²) in [5, 5.41) is 12.5. The predicted octanol–water partition coefficient (Wildman–Crippen LogP) is 4.46. The predicted molar refractivity (Wildman–Crippen MR) is 102 cm³/mol. The molecule has 0 saturated carbocycles. The molecule has 0 unspecified atom stereocenters. The van der Waals surface area contributed by atoms with Crippen molar-refractivity contribution >= 4 is 29.3 Å². The van der Waals surface area contributed by atoms with E-state index in [4.69, 9.17) is 21.1 Å². The topological polar surface area (TPSA) is 71.3 Å². The molecule has 2 aromatic carbocycles. The first-order valence-electron chi connectivity index (χ1n) is 7.68. The summed E-state index contributed by atoms with van der Waals surface area (Å²) in [6.07, 6.45) is 3.03. The highest BCUT2D eigenvalue weighted by atomic mass is 35.5. The van der Waals surface area contributed by atoms with Gasteiger partial charge in [-0.15, -0.1) is 0 Å². The number of nitrogens with zero attached hydrogens (tertiary/aromatic N) is 1. The number of methoxy groups -OCH3 is 1. The lowest BCUT2D eigenvalue weighted by atomic mass is 10.1. The second-order valence-electron chi connectivity index (χ2n) is 5.13. The highest BCUT2D eigenvalue weighted by Crippen LogP contribution is 2.26. The SMILES string of the molecule is C=CCOc1ccc(Cl)cc1/C=C(\C#N)C(=O)Nc1ccc(OC)cc1. The molecule has 2 rings (SSSR count). The molecule has 0 atom stereocenters. The van der Waals surface area contributed by atoms with Gasteiger partial charge in [-0.2, -0.15) is 5.26 Å². The van der Waals surface area contributed by atoms with E-state index in [2.05, 4.69) is 11.9 Å². The molecule has 2 aromatic rings.